The summed E-state index contributed by atoms with van der Waals surface area (Å²) in [5.74, 6) is -0.420. The molecular weight excluding hydrogens is 133 g/mol. The lowest BCUT2D eigenvalue weighted by atomic mass is 9.52. The van der Waals surface area contributed by atoms with E-state index in [0.29, 0.717) is 0 Å². The molecule has 0 saturated carbocycles. The molecule has 0 aromatic heterocycles. The lowest BCUT2D eigenvalue weighted by Crippen LogP contribution is -2.37. The molecule has 1 heterocycles. The van der Waals surface area contributed by atoms with Crippen molar-refractivity contribution < 1.29 is 4.74 Å². The summed E-state index contributed by atoms with van der Waals surface area (Å²) in [5, 5.41) is 0. The van der Waals surface area contributed by atoms with Gasteiger partial charge in [-0.15, -0.1) is 0 Å². The van der Waals surface area contributed by atoms with Gasteiger partial charge in [0.1, 0.15) is 0 Å². The van der Waals surface area contributed by atoms with Gasteiger partial charge in [-0.2, -0.15) is 0 Å². The lowest BCUT2D eigenvalue weighted by molar-refractivity contribution is -0.0269. The van der Waals surface area contributed by atoms with Crippen molar-refractivity contribution in [1.82, 2.24) is 0 Å². The molecule has 0 aromatic carbocycles. The maximum Gasteiger partial charge on any atom is 0.0728 e. The van der Waals surface area contributed by atoms with Crippen LogP contribution in [0.2, 0.25) is 17.5 Å². The van der Waals surface area contributed by atoms with Gasteiger partial charge in [-0.05, 0) is 13.8 Å². The monoisotopic (exact) mass is 144 g/mol. The van der Waals surface area contributed by atoms with Gasteiger partial charge in [-0.1, -0.05) is 17.5 Å². The Morgan fingerprint density at radius 3 is 1.55 bits per heavy atom. The number of ether oxygens (including phenoxy) is 1. The SMILES string of the molecule is [B]C1C(C)OC(C)C([B])C1[B]. The highest BCUT2D eigenvalue weighted by Gasteiger charge is 2.32. The fourth-order valence-corrected chi connectivity index (χ4v) is 1.40. The second-order valence-electron chi connectivity index (χ2n) is 3.28. The van der Waals surface area contributed by atoms with E-state index in [9.17, 15) is 0 Å². The van der Waals surface area contributed by atoms with Gasteiger partial charge in [-0.25, -0.2) is 0 Å². The average Bonchev–Trinajstić information content (AvgIpc) is 1.97. The van der Waals surface area contributed by atoms with Gasteiger partial charge >= 0.3 is 0 Å². The summed E-state index contributed by atoms with van der Waals surface area (Å²) in [7, 11) is 17.3. The molecule has 0 bridgehead atoms. The van der Waals surface area contributed by atoms with Gasteiger partial charge in [0, 0.05) is 12.2 Å². The minimum Gasteiger partial charge on any atom is -0.377 e. The van der Waals surface area contributed by atoms with Crippen molar-refractivity contribution in [1.29, 1.82) is 0 Å². The van der Waals surface area contributed by atoms with Crippen LogP contribution in [-0.4, -0.2) is 35.7 Å². The van der Waals surface area contributed by atoms with E-state index in [1.807, 2.05) is 13.8 Å². The maximum atomic E-state index is 5.77. The molecule has 1 nitrogen and oxygen atoms in total. The average molecular weight is 144 g/mol. The minimum atomic E-state index is -0.145. The van der Waals surface area contributed by atoms with Crippen LogP contribution in [0.4, 0.5) is 0 Å². The Morgan fingerprint density at radius 1 is 0.818 bits per heavy atom. The summed E-state index contributed by atoms with van der Waals surface area (Å²) in [6, 6.07) is 0. The van der Waals surface area contributed by atoms with E-state index < -0.39 is 0 Å². The number of hydrogen-bond acceptors (Lipinski definition) is 1. The van der Waals surface area contributed by atoms with Crippen molar-refractivity contribution in [2.75, 3.05) is 0 Å². The minimum absolute atomic E-state index is 0.0137. The molecule has 1 saturated heterocycles. The molecule has 1 aliphatic heterocycles. The third kappa shape index (κ3) is 1.66. The standard InChI is InChI=1S/C7H11B3O/c1-3-5(8)7(10)6(9)4(2)11-3/h3-7H,1-2H3. The highest BCUT2D eigenvalue weighted by Crippen LogP contribution is 2.41. The molecule has 4 atom stereocenters. The summed E-state index contributed by atoms with van der Waals surface area (Å²) in [4.78, 5) is 0. The smallest absolute Gasteiger partial charge is 0.0728 e. The van der Waals surface area contributed by atoms with Crippen molar-refractivity contribution in [3.8, 4) is 0 Å². The van der Waals surface area contributed by atoms with Crippen molar-refractivity contribution in [2.45, 2.75) is 43.5 Å². The topological polar surface area (TPSA) is 9.23 Å². The quantitative estimate of drug-likeness (QED) is 0.453. The molecule has 4 unspecified atom stereocenters. The molecular formula is C7H11B3O. The van der Waals surface area contributed by atoms with Crippen LogP contribution in [0.15, 0.2) is 0 Å². The Bertz CT molecular complexity index is 128. The summed E-state index contributed by atoms with van der Waals surface area (Å²) in [5.41, 5.74) is 0. The summed E-state index contributed by atoms with van der Waals surface area (Å²) in [6.07, 6.45) is 0.0274. The van der Waals surface area contributed by atoms with Gasteiger partial charge in [-0.3, -0.25) is 0 Å². The Kier molecular flexibility index (Phi) is 2.74. The van der Waals surface area contributed by atoms with Crippen LogP contribution in [-0.2, 0) is 4.74 Å². The zero-order valence-corrected chi connectivity index (χ0v) is 7.03. The number of hydrogen-bond donors (Lipinski definition) is 0. The molecule has 0 spiro atoms. The second-order valence-corrected chi connectivity index (χ2v) is 3.28. The van der Waals surface area contributed by atoms with E-state index in [2.05, 4.69) is 0 Å². The first-order chi connectivity index (χ1) is 5.04. The molecule has 0 aliphatic carbocycles. The van der Waals surface area contributed by atoms with Gasteiger partial charge in [0.25, 0.3) is 0 Å². The van der Waals surface area contributed by atoms with E-state index in [-0.39, 0.29) is 29.7 Å². The van der Waals surface area contributed by atoms with Crippen LogP contribution in [0.25, 0.3) is 0 Å². The Morgan fingerprint density at radius 2 is 1.18 bits per heavy atom. The third-order valence-electron chi connectivity index (χ3n) is 2.40. The lowest BCUT2D eigenvalue weighted by Gasteiger charge is -2.42. The molecule has 0 amide bonds. The molecule has 6 radical (unpaired) electrons. The normalized spacial score (nSPS) is 52.4. The van der Waals surface area contributed by atoms with Crippen LogP contribution in [0.3, 0.4) is 0 Å². The molecule has 0 N–H and O–H groups in total. The zero-order chi connectivity index (χ0) is 8.59. The van der Waals surface area contributed by atoms with Gasteiger partial charge in [0.2, 0.25) is 0 Å². The van der Waals surface area contributed by atoms with E-state index in [1.165, 1.54) is 0 Å². The summed E-state index contributed by atoms with van der Waals surface area (Å²) >= 11 is 0. The van der Waals surface area contributed by atoms with Crippen molar-refractivity contribution >= 4 is 23.5 Å². The van der Waals surface area contributed by atoms with E-state index in [0.717, 1.165) is 0 Å². The fraction of sp³-hybridized carbons (Fsp3) is 1.00. The van der Waals surface area contributed by atoms with Crippen molar-refractivity contribution in [2.24, 2.45) is 0 Å². The Labute approximate surface area is 72.5 Å². The molecule has 1 aliphatic rings. The predicted molar refractivity (Wildman–Crippen MR) is 48.5 cm³/mol. The van der Waals surface area contributed by atoms with Crippen molar-refractivity contribution in [3.63, 3.8) is 0 Å². The van der Waals surface area contributed by atoms with Crippen LogP contribution in [0.1, 0.15) is 13.8 Å². The zero-order valence-electron chi connectivity index (χ0n) is 7.03. The molecule has 0 aromatic rings. The Balaban J connectivity index is 2.63. The van der Waals surface area contributed by atoms with Gasteiger partial charge in [0.15, 0.2) is 0 Å². The highest BCUT2D eigenvalue weighted by molar-refractivity contribution is 6.27. The van der Waals surface area contributed by atoms with Crippen molar-refractivity contribution in [3.05, 3.63) is 0 Å². The summed E-state index contributed by atoms with van der Waals surface area (Å²) < 4.78 is 5.45. The molecule has 4 heteroatoms. The van der Waals surface area contributed by atoms with Gasteiger partial charge in [0.05, 0.1) is 23.5 Å². The van der Waals surface area contributed by atoms with Crippen LogP contribution >= 0.6 is 0 Å². The van der Waals surface area contributed by atoms with Crippen LogP contribution < -0.4 is 0 Å². The highest BCUT2D eigenvalue weighted by atomic mass is 16.5. The summed E-state index contributed by atoms with van der Waals surface area (Å²) in [6.45, 7) is 3.85. The van der Waals surface area contributed by atoms with E-state index in [4.69, 9.17) is 28.3 Å². The van der Waals surface area contributed by atoms with E-state index in [1.54, 1.807) is 0 Å². The molecule has 11 heavy (non-hydrogen) atoms. The maximum absolute atomic E-state index is 5.77. The molecule has 54 valence electrons. The molecule has 1 rings (SSSR count). The van der Waals surface area contributed by atoms with Gasteiger partial charge < -0.3 is 4.74 Å². The first kappa shape index (κ1) is 9.24. The van der Waals surface area contributed by atoms with Crippen LogP contribution in [0.5, 0.6) is 0 Å². The Hall–Kier alpha value is 0.155. The fourth-order valence-electron chi connectivity index (χ4n) is 1.40. The first-order valence-electron chi connectivity index (χ1n) is 3.96. The second kappa shape index (κ2) is 3.26. The number of rotatable bonds is 0. The van der Waals surface area contributed by atoms with E-state index >= 15 is 0 Å². The predicted octanol–water partition coefficient (Wildman–Crippen LogP) is 0.665. The van der Waals surface area contributed by atoms with Crippen LogP contribution in [0, 0.1) is 0 Å². The third-order valence-corrected chi connectivity index (χ3v) is 2.40. The largest absolute Gasteiger partial charge is 0.377 e. The first-order valence-corrected chi connectivity index (χ1v) is 3.96. The molecule has 1 fully saturated rings.